The molecule has 0 spiro atoms. The van der Waals surface area contributed by atoms with Crippen LogP contribution in [-0.4, -0.2) is 36.5 Å². The fraction of sp³-hybridized carbons (Fsp3) is 0.417. The van der Waals surface area contributed by atoms with Crippen molar-refractivity contribution in [1.82, 2.24) is 5.32 Å². The number of ether oxygens (including phenoxy) is 1. The zero-order valence-electron chi connectivity index (χ0n) is 11.1. The summed E-state index contributed by atoms with van der Waals surface area (Å²) in [6.45, 7) is 0.135. The van der Waals surface area contributed by atoms with E-state index in [1.54, 1.807) is 0 Å². The number of nitrogens with zero attached hydrogens (tertiary/aromatic N) is 1. The Balaban J connectivity index is 3.05. The van der Waals surface area contributed by atoms with Crippen molar-refractivity contribution in [2.24, 2.45) is 0 Å². The molecule has 0 aliphatic carbocycles. The van der Waals surface area contributed by atoms with Gasteiger partial charge in [-0.1, -0.05) is 0 Å². The fourth-order valence-electron chi connectivity index (χ4n) is 1.66. The van der Waals surface area contributed by atoms with E-state index in [0.717, 1.165) is 0 Å². The van der Waals surface area contributed by atoms with Crippen molar-refractivity contribution in [1.29, 1.82) is 0 Å². The van der Waals surface area contributed by atoms with Crippen LogP contribution in [-0.2, 0) is 4.74 Å². The topological polar surface area (TPSA) is 81.5 Å². The van der Waals surface area contributed by atoms with Crippen LogP contribution in [0.3, 0.4) is 0 Å². The first-order valence-corrected chi connectivity index (χ1v) is 6.43. The molecule has 0 saturated heterocycles. The molecule has 0 heterocycles. The van der Waals surface area contributed by atoms with Gasteiger partial charge in [0.05, 0.1) is 23.6 Å². The van der Waals surface area contributed by atoms with Gasteiger partial charge in [0.15, 0.2) is 11.6 Å². The van der Waals surface area contributed by atoms with E-state index in [1.807, 2.05) is 0 Å². The van der Waals surface area contributed by atoms with Crippen molar-refractivity contribution >= 4 is 23.2 Å². The first kappa shape index (κ1) is 17.3. The van der Waals surface area contributed by atoms with Gasteiger partial charge in [0.25, 0.3) is 11.6 Å². The van der Waals surface area contributed by atoms with Crippen LogP contribution in [0.1, 0.15) is 16.8 Å². The van der Waals surface area contributed by atoms with Gasteiger partial charge in [0.1, 0.15) is 5.56 Å². The van der Waals surface area contributed by atoms with E-state index in [1.165, 1.54) is 7.11 Å². The van der Waals surface area contributed by atoms with Crippen LogP contribution >= 0.6 is 11.6 Å². The number of hydrogen-bond donors (Lipinski definition) is 1. The van der Waals surface area contributed by atoms with Crippen molar-refractivity contribution in [2.75, 3.05) is 19.6 Å². The Labute approximate surface area is 124 Å². The summed E-state index contributed by atoms with van der Waals surface area (Å²) in [6, 6.07) is 0.373. The van der Waals surface area contributed by atoms with Gasteiger partial charge in [0, 0.05) is 13.0 Å². The molecule has 1 atom stereocenters. The number of methoxy groups -OCH3 is 1. The number of nitrogens with one attached hydrogen (secondary N) is 1. The maximum Gasteiger partial charge on any atom is 0.285 e. The molecular formula is C12H13ClF2N2O4. The third-order valence-electron chi connectivity index (χ3n) is 2.64. The molecule has 0 bridgehead atoms. The number of carbonyl (C=O) groups excluding carboxylic acids is 1. The maximum absolute atomic E-state index is 13.2. The molecule has 1 amide bonds. The van der Waals surface area contributed by atoms with E-state index >= 15 is 0 Å². The summed E-state index contributed by atoms with van der Waals surface area (Å²) < 4.78 is 31.1. The third kappa shape index (κ3) is 4.61. The standard InChI is InChI=1S/C12H13ClF2N2O4/c1-21-6-7(2-3-13)16-12(18)8-4-9(14)10(15)5-11(8)17(19)20/h4-5,7H,2-3,6H2,1H3,(H,16,18). The lowest BCUT2D eigenvalue weighted by atomic mass is 10.1. The second kappa shape index (κ2) is 7.84. The highest BCUT2D eigenvalue weighted by atomic mass is 35.5. The summed E-state index contributed by atoms with van der Waals surface area (Å²) in [5.41, 5.74) is -1.37. The highest BCUT2D eigenvalue weighted by molar-refractivity contribution is 6.17. The fourth-order valence-corrected chi connectivity index (χ4v) is 1.93. The number of rotatable bonds is 7. The average molecular weight is 323 g/mol. The highest BCUT2D eigenvalue weighted by Crippen LogP contribution is 2.22. The van der Waals surface area contributed by atoms with Crippen molar-refractivity contribution in [2.45, 2.75) is 12.5 Å². The molecule has 0 aliphatic heterocycles. The molecule has 21 heavy (non-hydrogen) atoms. The molecule has 0 radical (unpaired) electrons. The van der Waals surface area contributed by atoms with Crippen LogP contribution in [0, 0.1) is 21.7 Å². The van der Waals surface area contributed by atoms with Crippen LogP contribution in [0.25, 0.3) is 0 Å². The quantitative estimate of drug-likeness (QED) is 0.474. The largest absolute Gasteiger partial charge is 0.383 e. The summed E-state index contributed by atoms with van der Waals surface area (Å²) >= 11 is 5.56. The number of hydrogen-bond acceptors (Lipinski definition) is 4. The third-order valence-corrected chi connectivity index (χ3v) is 2.86. The predicted octanol–water partition coefficient (Wildman–Crippen LogP) is 2.25. The molecule has 1 unspecified atom stereocenters. The van der Waals surface area contributed by atoms with Crippen LogP contribution in [0.5, 0.6) is 0 Å². The summed E-state index contributed by atoms with van der Waals surface area (Å²) in [5.74, 6) is -3.40. The van der Waals surface area contributed by atoms with Crippen molar-refractivity contribution in [3.05, 3.63) is 39.4 Å². The molecule has 0 fully saturated rings. The second-order valence-electron chi connectivity index (χ2n) is 4.14. The minimum absolute atomic E-state index is 0.135. The molecule has 1 aromatic carbocycles. The van der Waals surface area contributed by atoms with Crippen LogP contribution in [0.2, 0.25) is 0 Å². The zero-order chi connectivity index (χ0) is 16.0. The Hall–Kier alpha value is -1.80. The zero-order valence-corrected chi connectivity index (χ0v) is 11.8. The van der Waals surface area contributed by atoms with Gasteiger partial charge < -0.3 is 10.1 Å². The molecule has 116 valence electrons. The van der Waals surface area contributed by atoms with E-state index in [0.29, 0.717) is 18.6 Å². The van der Waals surface area contributed by atoms with Crippen molar-refractivity contribution < 1.29 is 23.2 Å². The van der Waals surface area contributed by atoms with Gasteiger partial charge in [-0.05, 0) is 12.5 Å². The number of nitro benzene ring substituents is 1. The average Bonchev–Trinajstić information content (AvgIpc) is 2.41. The van der Waals surface area contributed by atoms with Gasteiger partial charge in [-0.25, -0.2) is 8.78 Å². The van der Waals surface area contributed by atoms with Crippen LogP contribution in [0.4, 0.5) is 14.5 Å². The molecule has 9 heteroatoms. The Kier molecular flexibility index (Phi) is 6.44. The molecule has 0 aromatic heterocycles. The van der Waals surface area contributed by atoms with E-state index in [9.17, 15) is 23.7 Å². The highest BCUT2D eigenvalue weighted by Gasteiger charge is 2.25. The minimum atomic E-state index is -1.40. The molecule has 1 N–H and O–H groups in total. The number of nitro groups is 1. The summed E-state index contributed by atoms with van der Waals surface area (Å²) in [7, 11) is 1.41. The van der Waals surface area contributed by atoms with Gasteiger partial charge in [-0.3, -0.25) is 14.9 Å². The lowest BCUT2D eigenvalue weighted by molar-refractivity contribution is -0.385. The second-order valence-corrected chi connectivity index (χ2v) is 4.52. The van der Waals surface area contributed by atoms with Gasteiger partial charge in [-0.15, -0.1) is 11.6 Å². The van der Waals surface area contributed by atoms with E-state index in [4.69, 9.17) is 16.3 Å². The number of carbonyl (C=O) groups is 1. The van der Waals surface area contributed by atoms with Gasteiger partial charge in [-0.2, -0.15) is 0 Å². The molecule has 0 aliphatic rings. The van der Waals surface area contributed by atoms with Gasteiger partial charge >= 0.3 is 0 Å². The lowest BCUT2D eigenvalue weighted by Gasteiger charge is -2.16. The Bertz CT molecular complexity index is 536. The summed E-state index contributed by atoms with van der Waals surface area (Å²) in [6.07, 6.45) is 0.360. The minimum Gasteiger partial charge on any atom is -0.383 e. The van der Waals surface area contributed by atoms with Crippen molar-refractivity contribution in [3.8, 4) is 0 Å². The summed E-state index contributed by atoms with van der Waals surface area (Å²) in [5, 5.41) is 13.3. The first-order valence-electron chi connectivity index (χ1n) is 5.89. The first-order chi connectivity index (χ1) is 9.90. The Morgan fingerprint density at radius 2 is 2.10 bits per heavy atom. The molecule has 6 nitrogen and oxygen atoms in total. The summed E-state index contributed by atoms with van der Waals surface area (Å²) in [4.78, 5) is 21.9. The Morgan fingerprint density at radius 3 is 2.62 bits per heavy atom. The van der Waals surface area contributed by atoms with E-state index in [2.05, 4.69) is 5.32 Å². The Morgan fingerprint density at radius 1 is 1.48 bits per heavy atom. The molecule has 1 rings (SSSR count). The van der Waals surface area contributed by atoms with Crippen molar-refractivity contribution in [3.63, 3.8) is 0 Å². The van der Waals surface area contributed by atoms with E-state index < -0.39 is 39.8 Å². The number of halogens is 3. The predicted molar refractivity (Wildman–Crippen MR) is 71.5 cm³/mol. The number of amides is 1. The van der Waals surface area contributed by atoms with Crippen LogP contribution in [0.15, 0.2) is 12.1 Å². The van der Waals surface area contributed by atoms with Crippen LogP contribution < -0.4 is 5.32 Å². The molecular weight excluding hydrogens is 310 g/mol. The number of alkyl halides is 1. The monoisotopic (exact) mass is 322 g/mol. The smallest absolute Gasteiger partial charge is 0.285 e. The normalized spacial score (nSPS) is 12.0. The van der Waals surface area contributed by atoms with Gasteiger partial charge in [0.2, 0.25) is 0 Å². The van der Waals surface area contributed by atoms with E-state index in [-0.39, 0.29) is 12.5 Å². The molecule has 1 aromatic rings. The lowest BCUT2D eigenvalue weighted by Crippen LogP contribution is -2.38. The number of benzene rings is 1. The SMILES string of the molecule is COCC(CCCl)NC(=O)c1cc(F)c(F)cc1[N+](=O)[O-]. The maximum atomic E-state index is 13.2. The molecule has 0 saturated carbocycles.